The smallest absolute Gasteiger partial charge is 0.251 e. The van der Waals surface area contributed by atoms with Crippen molar-refractivity contribution >= 4 is 21.8 Å². The van der Waals surface area contributed by atoms with Gasteiger partial charge in [0, 0.05) is 16.5 Å². The minimum atomic E-state index is -0.563. The van der Waals surface area contributed by atoms with Gasteiger partial charge < -0.3 is 10.4 Å². The molecule has 2 atom stereocenters. The molecule has 0 aliphatic heterocycles. The van der Waals surface area contributed by atoms with E-state index in [9.17, 15) is 9.90 Å². The zero-order valence-corrected chi connectivity index (χ0v) is 12.3. The number of amides is 1. The van der Waals surface area contributed by atoms with Crippen LogP contribution in [0.1, 0.15) is 27.5 Å². The molecule has 0 unspecified atom stereocenters. The van der Waals surface area contributed by atoms with Crippen LogP contribution in [0.25, 0.3) is 0 Å². The number of hydrogen-bond acceptors (Lipinski definition) is 2. The molecule has 1 aliphatic rings. The van der Waals surface area contributed by atoms with Crippen molar-refractivity contribution in [3.05, 3.63) is 69.7 Å². The monoisotopic (exact) mass is 331 g/mol. The highest BCUT2D eigenvalue weighted by molar-refractivity contribution is 9.10. The Morgan fingerprint density at radius 2 is 1.85 bits per heavy atom. The second-order valence-corrected chi connectivity index (χ2v) is 5.84. The number of benzene rings is 2. The van der Waals surface area contributed by atoms with Crippen molar-refractivity contribution in [2.45, 2.75) is 18.6 Å². The van der Waals surface area contributed by atoms with Crippen LogP contribution in [0.2, 0.25) is 0 Å². The molecule has 0 radical (unpaired) electrons. The first kappa shape index (κ1) is 13.3. The molecule has 0 aromatic heterocycles. The third-order valence-corrected chi connectivity index (χ3v) is 4.13. The summed E-state index contributed by atoms with van der Waals surface area (Å²) in [6.07, 6.45) is 0.0216. The maximum Gasteiger partial charge on any atom is 0.251 e. The van der Waals surface area contributed by atoms with Gasteiger partial charge in [-0.3, -0.25) is 4.79 Å². The average molecular weight is 332 g/mol. The summed E-state index contributed by atoms with van der Waals surface area (Å²) in [6, 6.07) is 14.7. The average Bonchev–Trinajstić information content (AvgIpc) is 2.76. The van der Waals surface area contributed by atoms with Crippen molar-refractivity contribution in [3.63, 3.8) is 0 Å². The molecule has 1 aliphatic carbocycles. The topological polar surface area (TPSA) is 49.3 Å². The lowest BCUT2D eigenvalue weighted by Crippen LogP contribution is -2.33. The van der Waals surface area contributed by atoms with Crippen LogP contribution in [0.3, 0.4) is 0 Å². The maximum absolute atomic E-state index is 12.2. The molecule has 3 rings (SSSR count). The second kappa shape index (κ2) is 5.38. The molecule has 0 fully saturated rings. The fourth-order valence-corrected chi connectivity index (χ4v) is 2.84. The van der Waals surface area contributed by atoms with E-state index in [1.807, 2.05) is 36.4 Å². The molecule has 0 heterocycles. The first-order chi connectivity index (χ1) is 9.65. The van der Waals surface area contributed by atoms with Crippen LogP contribution in [-0.2, 0) is 6.42 Å². The minimum absolute atomic E-state index is 0.168. The number of fused-ring (bicyclic) bond motifs is 1. The predicted molar refractivity (Wildman–Crippen MR) is 80.5 cm³/mol. The lowest BCUT2D eigenvalue weighted by atomic mass is 10.1. The van der Waals surface area contributed by atoms with E-state index in [0.717, 1.165) is 15.6 Å². The van der Waals surface area contributed by atoms with Crippen LogP contribution in [0, 0.1) is 0 Å². The summed E-state index contributed by atoms with van der Waals surface area (Å²) in [4.78, 5) is 12.2. The van der Waals surface area contributed by atoms with Crippen molar-refractivity contribution in [2.24, 2.45) is 0 Å². The van der Waals surface area contributed by atoms with E-state index in [4.69, 9.17) is 0 Å². The molecular weight excluding hydrogens is 318 g/mol. The van der Waals surface area contributed by atoms with Crippen molar-refractivity contribution in [1.29, 1.82) is 0 Å². The normalized spacial score (nSPS) is 20.5. The Kier molecular flexibility index (Phi) is 3.59. The number of carbonyl (C=O) groups is 1. The number of halogens is 1. The molecule has 0 bridgehead atoms. The third kappa shape index (κ3) is 2.49. The van der Waals surface area contributed by atoms with E-state index in [2.05, 4.69) is 21.2 Å². The second-order valence-electron chi connectivity index (χ2n) is 4.93. The Balaban J connectivity index is 1.81. The van der Waals surface area contributed by atoms with Gasteiger partial charge in [0.15, 0.2) is 0 Å². The van der Waals surface area contributed by atoms with E-state index < -0.39 is 6.10 Å². The van der Waals surface area contributed by atoms with E-state index in [1.54, 1.807) is 12.1 Å². The summed E-state index contributed by atoms with van der Waals surface area (Å²) in [6.45, 7) is 0. The molecule has 1 amide bonds. The molecule has 0 spiro atoms. The zero-order valence-electron chi connectivity index (χ0n) is 10.7. The standard InChI is InChI=1S/C16H14BrNO2/c17-12-7-5-10(6-8-12)16(20)18-15-13-4-2-1-3-11(13)9-14(15)19/h1-8,14-15,19H,9H2,(H,18,20)/t14-,15+/m1/s1. The molecule has 102 valence electrons. The summed E-state index contributed by atoms with van der Waals surface area (Å²) >= 11 is 3.34. The van der Waals surface area contributed by atoms with Crippen molar-refractivity contribution in [3.8, 4) is 0 Å². The van der Waals surface area contributed by atoms with E-state index in [1.165, 1.54) is 0 Å². The third-order valence-electron chi connectivity index (χ3n) is 3.60. The van der Waals surface area contributed by atoms with Crippen LogP contribution < -0.4 is 5.32 Å². The maximum atomic E-state index is 12.2. The zero-order chi connectivity index (χ0) is 14.1. The van der Waals surface area contributed by atoms with Gasteiger partial charge in [-0.25, -0.2) is 0 Å². The highest BCUT2D eigenvalue weighted by Gasteiger charge is 2.31. The predicted octanol–water partition coefficient (Wildman–Crippen LogP) is 2.84. The highest BCUT2D eigenvalue weighted by atomic mass is 79.9. The Morgan fingerprint density at radius 1 is 1.15 bits per heavy atom. The summed E-state index contributed by atoms with van der Waals surface area (Å²) < 4.78 is 0.931. The molecule has 2 N–H and O–H groups in total. The van der Waals surface area contributed by atoms with Gasteiger partial charge in [0.05, 0.1) is 12.1 Å². The van der Waals surface area contributed by atoms with E-state index in [-0.39, 0.29) is 11.9 Å². The van der Waals surface area contributed by atoms with Gasteiger partial charge in [-0.1, -0.05) is 40.2 Å². The molecule has 0 saturated heterocycles. The molecule has 4 heteroatoms. The minimum Gasteiger partial charge on any atom is -0.390 e. The molecule has 3 nitrogen and oxygen atoms in total. The summed E-state index contributed by atoms with van der Waals surface area (Å²) in [5.41, 5.74) is 2.69. The number of hydrogen-bond donors (Lipinski definition) is 2. The molecule has 2 aromatic carbocycles. The fraction of sp³-hybridized carbons (Fsp3) is 0.188. The van der Waals surface area contributed by atoms with Gasteiger partial charge in [-0.2, -0.15) is 0 Å². The van der Waals surface area contributed by atoms with E-state index in [0.29, 0.717) is 12.0 Å². The van der Waals surface area contributed by atoms with Gasteiger partial charge >= 0.3 is 0 Å². The number of rotatable bonds is 2. The Hall–Kier alpha value is -1.65. The summed E-state index contributed by atoms with van der Waals surface area (Å²) in [5, 5.41) is 13.0. The first-order valence-electron chi connectivity index (χ1n) is 6.47. The van der Waals surface area contributed by atoms with Gasteiger partial charge in [0.1, 0.15) is 0 Å². The van der Waals surface area contributed by atoms with Crippen LogP contribution >= 0.6 is 15.9 Å². The van der Waals surface area contributed by atoms with Crippen LogP contribution in [-0.4, -0.2) is 17.1 Å². The molecule has 2 aromatic rings. The lowest BCUT2D eigenvalue weighted by Gasteiger charge is -2.18. The summed E-state index contributed by atoms with van der Waals surface area (Å²) in [7, 11) is 0. The SMILES string of the molecule is O=C(N[C@H]1c2ccccc2C[C@H]1O)c1ccc(Br)cc1. The number of aliphatic hydroxyl groups is 1. The number of aliphatic hydroxyl groups excluding tert-OH is 1. The first-order valence-corrected chi connectivity index (χ1v) is 7.27. The largest absolute Gasteiger partial charge is 0.390 e. The Morgan fingerprint density at radius 3 is 2.60 bits per heavy atom. The molecular formula is C16H14BrNO2. The van der Waals surface area contributed by atoms with E-state index >= 15 is 0 Å². The Labute approximate surface area is 125 Å². The molecule has 0 saturated carbocycles. The van der Waals surface area contributed by atoms with Gasteiger partial charge in [-0.05, 0) is 35.4 Å². The lowest BCUT2D eigenvalue weighted by molar-refractivity contribution is 0.0858. The number of carbonyl (C=O) groups excluding carboxylic acids is 1. The van der Waals surface area contributed by atoms with Gasteiger partial charge in [0.25, 0.3) is 5.91 Å². The van der Waals surface area contributed by atoms with Crippen LogP contribution in [0.15, 0.2) is 53.0 Å². The van der Waals surface area contributed by atoms with Crippen molar-refractivity contribution in [1.82, 2.24) is 5.32 Å². The van der Waals surface area contributed by atoms with Gasteiger partial charge in [-0.15, -0.1) is 0 Å². The van der Waals surface area contributed by atoms with Crippen LogP contribution in [0.5, 0.6) is 0 Å². The summed E-state index contributed by atoms with van der Waals surface area (Å²) in [5.74, 6) is -0.168. The quantitative estimate of drug-likeness (QED) is 0.888. The van der Waals surface area contributed by atoms with Crippen molar-refractivity contribution < 1.29 is 9.90 Å². The highest BCUT2D eigenvalue weighted by Crippen LogP contribution is 2.31. The van der Waals surface area contributed by atoms with Crippen LogP contribution in [0.4, 0.5) is 0 Å². The van der Waals surface area contributed by atoms with Crippen molar-refractivity contribution in [2.75, 3.05) is 0 Å². The van der Waals surface area contributed by atoms with Gasteiger partial charge in [0.2, 0.25) is 0 Å². The molecule has 20 heavy (non-hydrogen) atoms. The number of nitrogens with one attached hydrogen (secondary N) is 1. The Bertz CT molecular complexity index is 639. The fourth-order valence-electron chi connectivity index (χ4n) is 2.57.